The SMILES string of the molecule is CCOC(=O)C(C)NC(=O)c1ccc2c(c1)COC2. The van der Waals surface area contributed by atoms with E-state index in [4.69, 9.17) is 9.47 Å². The highest BCUT2D eigenvalue weighted by molar-refractivity contribution is 5.96. The van der Waals surface area contributed by atoms with Gasteiger partial charge in [0.2, 0.25) is 0 Å². The number of carbonyl (C=O) groups excluding carboxylic acids is 2. The molecule has 0 saturated carbocycles. The second-order valence-electron chi connectivity index (χ2n) is 4.42. The average molecular weight is 263 g/mol. The molecular formula is C14H17NO4. The van der Waals surface area contributed by atoms with E-state index in [0.717, 1.165) is 11.1 Å². The molecule has 1 unspecified atom stereocenters. The highest BCUT2D eigenvalue weighted by atomic mass is 16.5. The molecule has 1 atom stereocenters. The van der Waals surface area contributed by atoms with E-state index in [1.54, 1.807) is 26.0 Å². The molecular weight excluding hydrogens is 246 g/mol. The summed E-state index contributed by atoms with van der Waals surface area (Å²) >= 11 is 0. The second-order valence-corrected chi connectivity index (χ2v) is 4.42. The predicted molar refractivity (Wildman–Crippen MR) is 68.5 cm³/mol. The standard InChI is InChI=1S/C14H17NO4/c1-3-19-14(17)9(2)15-13(16)10-4-5-11-7-18-8-12(11)6-10/h4-6,9H,3,7-8H2,1-2H3,(H,15,16). The molecule has 19 heavy (non-hydrogen) atoms. The molecule has 1 aromatic rings. The van der Waals surface area contributed by atoms with Gasteiger partial charge < -0.3 is 14.8 Å². The van der Waals surface area contributed by atoms with Crippen molar-refractivity contribution < 1.29 is 19.1 Å². The highest BCUT2D eigenvalue weighted by Crippen LogP contribution is 2.20. The van der Waals surface area contributed by atoms with Crippen LogP contribution >= 0.6 is 0 Å². The van der Waals surface area contributed by atoms with Crippen LogP contribution in [0.25, 0.3) is 0 Å². The van der Waals surface area contributed by atoms with E-state index in [1.165, 1.54) is 0 Å². The number of fused-ring (bicyclic) bond motifs is 1. The third-order valence-electron chi connectivity index (χ3n) is 2.97. The molecule has 0 bridgehead atoms. The van der Waals surface area contributed by atoms with Crippen LogP contribution in [-0.2, 0) is 27.5 Å². The Morgan fingerprint density at radius 3 is 2.84 bits per heavy atom. The molecule has 0 aromatic heterocycles. The number of rotatable bonds is 4. The van der Waals surface area contributed by atoms with Crippen molar-refractivity contribution in [3.8, 4) is 0 Å². The number of hydrogen-bond acceptors (Lipinski definition) is 4. The molecule has 2 rings (SSSR count). The average Bonchev–Trinajstić information content (AvgIpc) is 2.85. The zero-order chi connectivity index (χ0) is 13.8. The third-order valence-corrected chi connectivity index (χ3v) is 2.97. The predicted octanol–water partition coefficient (Wildman–Crippen LogP) is 1.40. The van der Waals surface area contributed by atoms with Crippen LogP contribution in [0.15, 0.2) is 18.2 Å². The van der Waals surface area contributed by atoms with E-state index in [0.29, 0.717) is 25.4 Å². The number of amides is 1. The molecule has 0 aliphatic carbocycles. The lowest BCUT2D eigenvalue weighted by Gasteiger charge is -2.13. The van der Waals surface area contributed by atoms with Gasteiger partial charge in [0.05, 0.1) is 19.8 Å². The molecule has 1 aromatic carbocycles. The van der Waals surface area contributed by atoms with Crippen molar-refractivity contribution >= 4 is 11.9 Å². The summed E-state index contributed by atoms with van der Waals surface area (Å²) in [5.41, 5.74) is 2.66. The molecule has 0 saturated heterocycles. The zero-order valence-corrected chi connectivity index (χ0v) is 11.1. The first-order chi connectivity index (χ1) is 9.11. The van der Waals surface area contributed by atoms with Crippen LogP contribution in [-0.4, -0.2) is 24.5 Å². The van der Waals surface area contributed by atoms with Gasteiger partial charge in [0, 0.05) is 5.56 Å². The molecule has 0 fully saturated rings. The van der Waals surface area contributed by atoms with E-state index in [1.807, 2.05) is 6.07 Å². The Balaban J connectivity index is 2.02. The summed E-state index contributed by atoms with van der Waals surface area (Å²) in [6.45, 7) is 4.76. The molecule has 0 radical (unpaired) electrons. The summed E-state index contributed by atoms with van der Waals surface area (Å²) in [4.78, 5) is 23.4. The number of nitrogens with one attached hydrogen (secondary N) is 1. The number of benzene rings is 1. The fourth-order valence-electron chi connectivity index (χ4n) is 1.92. The van der Waals surface area contributed by atoms with Crippen molar-refractivity contribution in [2.24, 2.45) is 0 Å². The molecule has 102 valence electrons. The maximum atomic E-state index is 12.0. The summed E-state index contributed by atoms with van der Waals surface area (Å²) in [6.07, 6.45) is 0. The summed E-state index contributed by atoms with van der Waals surface area (Å²) in [5, 5.41) is 2.62. The van der Waals surface area contributed by atoms with E-state index < -0.39 is 12.0 Å². The van der Waals surface area contributed by atoms with Gasteiger partial charge in [-0.1, -0.05) is 6.07 Å². The first-order valence-electron chi connectivity index (χ1n) is 6.29. The zero-order valence-electron chi connectivity index (χ0n) is 11.1. The highest BCUT2D eigenvalue weighted by Gasteiger charge is 2.19. The Morgan fingerprint density at radius 1 is 1.37 bits per heavy atom. The molecule has 5 heteroatoms. The van der Waals surface area contributed by atoms with Crippen LogP contribution in [0.3, 0.4) is 0 Å². The van der Waals surface area contributed by atoms with Gasteiger partial charge in [-0.15, -0.1) is 0 Å². The minimum Gasteiger partial charge on any atom is -0.464 e. The van der Waals surface area contributed by atoms with Crippen molar-refractivity contribution in [3.05, 3.63) is 34.9 Å². The molecule has 5 nitrogen and oxygen atoms in total. The lowest BCUT2D eigenvalue weighted by Crippen LogP contribution is -2.39. The van der Waals surface area contributed by atoms with Crippen LogP contribution in [0.5, 0.6) is 0 Å². The fourth-order valence-corrected chi connectivity index (χ4v) is 1.92. The van der Waals surface area contributed by atoms with Crippen molar-refractivity contribution in [2.45, 2.75) is 33.1 Å². The Bertz CT molecular complexity index is 498. The minimum atomic E-state index is -0.656. The van der Waals surface area contributed by atoms with Gasteiger partial charge in [-0.3, -0.25) is 4.79 Å². The molecule has 1 amide bonds. The summed E-state index contributed by atoms with van der Waals surface area (Å²) in [6, 6.07) is 4.76. The molecule has 0 spiro atoms. The van der Waals surface area contributed by atoms with Gasteiger partial charge in [0.1, 0.15) is 6.04 Å². The van der Waals surface area contributed by atoms with Crippen LogP contribution in [0.1, 0.15) is 35.3 Å². The van der Waals surface area contributed by atoms with E-state index in [9.17, 15) is 9.59 Å². The molecule has 1 N–H and O–H groups in total. The van der Waals surface area contributed by atoms with E-state index in [-0.39, 0.29) is 5.91 Å². The van der Waals surface area contributed by atoms with E-state index in [2.05, 4.69) is 5.32 Å². The second kappa shape index (κ2) is 5.84. The summed E-state index contributed by atoms with van der Waals surface area (Å²) < 4.78 is 10.1. The first kappa shape index (κ1) is 13.5. The fraction of sp³-hybridized carbons (Fsp3) is 0.429. The van der Waals surface area contributed by atoms with E-state index >= 15 is 0 Å². The monoisotopic (exact) mass is 263 g/mol. The summed E-state index contributed by atoms with van der Waals surface area (Å²) in [5.74, 6) is -0.712. The quantitative estimate of drug-likeness (QED) is 0.834. The Morgan fingerprint density at radius 2 is 2.11 bits per heavy atom. The van der Waals surface area contributed by atoms with Crippen molar-refractivity contribution in [1.29, 1.82) is 0 Å². The number of esters is 1. The van der Waals surface area contributed by atoms with Gasteiger partial charge in [0.15, 0.2) is 0 Å². The molecule has 1 aliphatic heterocycles. The van der Waals surface area contributed by atoms with Crippen LogP contribution in [0.2, 0.25) is 0 Å². The topological polar surface area (TPSA) is 64.6 Å². The van der Waals surface area contributed by atoms with Crippen molar-refractivity contribution in [3.63, 3.8) is 0 Å². The largest absolute Gasteiger partial charge is 0.464 e. The number of carbonyl (C=O) groups is 2. The van der Waals surface area contributed by atoms with Crippen LogP contribution in [0, 0.1) is 0 Å². The van der Waals surface area contributed by atoms with Crippen molar-refractivity contribution in [2.75, 3.05) is 6.61 Å². The van der Waals surface area contributed by atoms with Crippen molar-refractivity contribution in [1.82, 2.24) is 5.32 Å². The smallest absolute Gasteiger partial charge is 0.328 e. The Labute approximate surface area is 111 Å². The third kappa shape index (κ3) is 3.12. The Kier molecular flexibility index (Phi) is 4.16. The van der Waals surface area contributed by atoms with Gasteiger partial charge in [-0.25, -0.2) is 4.79 Å². The number of hydrogen-bond donors (Lipinski definition) is 1. The maximum Gasteiger partial charge on any atom is 0.328 e. The van der Waals surface area contributed by atoms with Crippen LogP contribution in [0.4, 0.5) is 0 Å². The van der Waals surface area contributed by atoms with Gasteiger partial charge in [-0.2, -0.15) is 0 Å². The lowest BCUT2D eigenvalue weighted by atomic mass is 10.1. The first-order valence-corrected chi connectivity index (χ1v) is 6.29. The maximum absolute atomic E-state index is 12.0. The van der Waals surface area contributed by atoms with Crippen LogP contribution < -0.4 is 5.32 Å². The Hall–Kier alpha value is -1.88. The van der Waals surface area contributed by atoms with Gasteiger partial charge >= 0.3 is 5.97 Å². The van der Waals surface area contributed by atoms with Gasteiger partial charge in [0.25, 0.3) is 5.91 Å². The number of ether oxygens (including phenoxy) is 2. The molecule has 1 heterocycles. The summed E-state index contributed by atoms with van der Waals surface area (Å²) in [7, 11) is 0. The molecule has 1 aliphatic rings. The lowest BCUT2D eigenvalue weighted by molar-refractivity contribution is -0.144. The van der Waals surface area contributed by atoms with Gasteiger partial charge in [-0.05, 0) is 37.1 Å². The normalized spacial score (nSPS) is 14.6. The minimum absolute atomic E-state index is 0.282.